The molecule has 0 spiro atoms. The number of carbonyl (C=O) groups is 3. The van der Waals surface area contributed by atoms with Crippen molar-refractivity contribution < 1.29 is 14.4 Å². The molecule has 0 N–H and O–H groups in total. The topological polar surface area (TPSA) is 57.7 Å². The molecule has 0 aliphatic carbocycles. The lowest BCUT2D eigenvalue weighted by atomic mass is 10.0. The van der Waals surface area contributed by atoms with Crippen LogP contribution >= 0.6 is 0 Å². The number of hydrogen-bond acceptors (Lipinski definition) is 3. The highest BCUT2D eigenvalue weighted by molar-refractivity contribution is 6.02. The predicted octanol–water partition coefficient (Wildman–Crippen LogP) is 0.926. The summed E-state index contributed by atoms with van der Waals surface area (Å²) >= 11 is 0. The van der Waals surface area contributed by atoms with Gasteiger partial charge < -0.3 is 4.90 Å². The first-order valence-electron chi connectivity index (χ1n) is 6.72. The minimum absolute atomic E-state index is 0.0645. The molecule has 2 aliphatic heterocycles. The maximum absolute atomic E-state index is 12.1. The zero-order chi connectivity index (χ0) is 13.1. The van der Waals surface area contributed by atoms with Gasteiger partial charge in [-0.1, -0.05) is 0 Å². The Morgan fingerprint density at radius 3 is 2.50 bits per heavy atom. The Bertz CT molecular complexity index is 351. The monoisotopic (exact) mass is 252 g/mol. The second kappa shape index (κ2) is 5.50. The van der Waals surface area contributed by atoms with Crippen molar-refractivity contribution in [3.8, 4) is 0 Å². The normalized spacial score (nSPS) is 24.8. The number of likely N-dealkylation sites (tertiary alicyclic amines) is 2. The van der Waals surface area contributed by atoms with Crippen LogP contribution in [0.2, 0.25) is 0 Å². The largest absolute Gasteiger partial charge is 0.340 e. The molecule has 2 saturated heterocycles. The molecular weight excluding hydrogens is 232 g/mol. The molecule has 2 heterocycles. The number of piperidine rings is 1. The van der Waals surface area contributed by atoms with E-state index < -0.39 is 0 Å². The third-order valence-corrected chi connectivity index (χ3v) is 3.83. The SMILES string of the molecule is CC1CCCCN1C(=O)CCN1C(=O)CCC1=O. The average molecular weight is 252 g/mol. The van der Waals surface area contributed by atoms with E-state index in [-0.39, 0.29) is 36.7 Å². The van der Waals surface area contributed by atoms with Crippen LogP contribution in [0.5, 0.6) is 0 Å². The molecule has 100 valence electrons. The van der Waals surface area contributed by atoms with Crippen LogP contribution in [-0.2, 0) is 14.4 Å². The highest BCUT2D eigenvalue weighted by Gasteiger charge is 2.30. The molecule has 0 aromatic rings. The molecule has 2 rings (SSSR count). The fourth-order valence-corrected chi connectivity index (χ4v) is 2.69. The molecule has 0 radical (unpaired) electrons. The maximum Gasteiger partial charge on any atom is 0.229 e. The van der Waals surface area contributed by atoms with Crippen molar-refractivity contribution in [2.45, 2.75) is 51.5 Å². The first-order valence-corrected chi connectivity index (χ1v) is 6.72. The van der Waals surface area contributed by atoms with Gasteiger partial charge in [0.2, 0.25) is 17.7 Å². The smallest absolute Gasteiger partial charge is 0.229 e. The van der Waals surface area contributed by atoms with Gasteiger partial charge in [0.1, 0.15) is 0 Å². The van der Waals surface area contributed by atoms with Crippen molar-refractivity contribution in [3.63, 3.8) is 0 Å². The van der Waals surface area contributed by atoms with Gasteiger partial charge >= 0.3 is 0 Å². The van der Waals surface area contributed by atoms with E-state index in [2.05, 4.69) is 6.92 Å². The lowest BCUT2D eigenvalue weighted by molar-refractivity contribution is -0.140. The van der Waals surface area contributed by atoms with Crippen molar-refractivity contribution in [3.05, 3.63) is 0 Å². The van der Waals surface area contributed by atoms with Gasteiger partial charge in [0.15, 0.2) is 0 Å². The van der Waals surface area contributed by atoms with Gasteiger partial charge in [0.05, 0.1) is 0 Å². The van der Waals surface area contributed by atoms with Crippen LogP contribution in [0.1, 0.15) is 45.4 Å². The molecule has 2 fully saturated rings. The number of nitrogens with zero attached hydrogens (tertiary/aromatic N) is 2. The van der Waals surface area contributed by atoms with Crippen LogP contribution in [0, 0.1) is 0 Å². The summed E-state index contributed by atoms with van der Waals surface area (Å²) in [5.74, 6) is -0.214. The molecule has 5 heteroatoms. The summed E-state index contributed by atoms with van der Waals surface area (Å²) in [6.45, 7) is 3.12. The third kappa shape index (κ3) is 2.71. The Hall–Kier alpha value is -1.39. The summed E-state index contributed by atoms with van der Waals surface area (Å²) < 4.78 is 0. The highest BCUT2D eigenvalue weighted by Crippen LogP contribution is 2.18. The molecule has 3 amide bonds. The van der Waals surface area contributed by atoms with Crippen molar-refractivity contribution in [1.29, 1.82) is 0 Å². The van der Waals surface area contributed by atoms with Gasteiger partial charge in [-0.2, -0.15) is 0 Å². The lowest BCUT2D eigenvalue weighted by Crippen LogP contribution is -2.43. The van der Waals surface area contributed by atoms with E-state index in [4.69, 9.17) is 0 Å². The Morgan fingerprint density at radius 1 is 1.22 bits per heavy atom. The minimum Gasteiger partial charge on any atom is -0.340 e. The van der Waals surface area contributed by atoms with Crippen molar-refractivity contribution >= 4 is 17.7 Å². The van der Waals surface area contributed by atoms with Gasteiger partial charge in [0, 0.05) is 38.4 Å². The molecule has 2 aliphatic rings. The second-order valence-electron chi connectivity index (χ2n) is 5.12. The Kier molecular flexibility index (Phi) is 3.99. The first kappa shape index (κ1) is 13.1. The van der Waals surface area contributed by atoms with E-state index in [0.29, 0.717) is 12.8 Å². The van der Waals surface area contributed by atoms with Gasteiger partial charge in [0.25, 0.3) is 0 Å². The fraction of sp³-hybridized carbons (Fsp3) is 0.769. The highest BCUT2D eigenvalue weighted by atomic mass is 16.2. The lowest BCUT2D eigenvalue weighted by Gasteiger charge is -2.33. The quantitative estimate of drug-likeness (QED) is 0.702. The summed E-state index contributed by atoms with van der Waals surface area (Å²) in [4.78, 5) is 38.0. The van der Waals surface area contributed by atoms with Crippen molar-refractivity contribution in [1.82, 2.24) is 9.80 Å². The molecule has 0 bridgehead atoms. The molecule has 0 aromatic heterocycles. The maximum atomic E-state index is 12.1. The number of carbonyl (C=O) groups excluding carboxylic acids is 3. The van der Waals surface area contributed by atoms with Gasteiger partial charge in [-0.3, -0.25) is 19.3 Å². The van der Waals surface area contributed by atoms with E-state index in [0.717, 1.165) is 19.4 Å². The van der Waals surface area contributed by atoms with Crippen LogP contribution in [0.25, 0.3) is 0 Å². The zero-order valence-corrected chi connectivity index (χ0v) is 10.9. The van der Waals surface area contributed by atoms with E-state index >= 15 is 0 Å². The van der Waals surface area contributed by atoms with E-state index in [9.17, 15) is 14.4 Å². The summed E-state index contributed by atoms with van der Waals surface area (Å²) in [5.41, 5.74) is 0. The van der Waals surface area contributed by atoms with E-state index in [1.807, 2.05) is 4.90 Å². The van der Waals surface area contributed by atoms with Crippen LogP contribution in [0.3, 0.4) is 0 Å². The third-order valence-electron chi connectivity index (χ3n) is 3.83. The predicted molar refractivity (Wildman–Crippen MR) is 65.6 cm³/mol. The van der Waals surface area contributed by atoms with E-state index in [1.165, 1.54) is 11.3 Å². The zero-order valence-electron chi connectivity index (χ0n) is 10.9. The Balaban J connectivity index is 1.84. The van der Waals surface area contributed by atoms with Crippen molar-refractivity contribution in [2.24, 2.45) is 0 Å². The van der Waals surface area contributed by atoms with E-state index in [1.54, 1.807) is 0 Å². The van der Waals surface area contributed by atoms with Crippen LogP contribution in [-0.4, -0.2) is 46.7 Å². The summed E-state index contributed by atoms with van der Waals surface area (Å²) in [7, 11) is 0. The first-order chi connectivity index (χ1) is 8.59. The summed E-state index contributed by atoms with van der Waals surface area (Å²) in [5, 5.41) is 0. The molecule has 0 aromatic carbocycles. The fourth-order valence-electron chi connectivity index (χ4n) is 2.69. The number of rotatable bonds is 3. The standard InChI is InChI=1S/C13H20N2O3/c1-10-4-2-3-8-14(10)13(18)7-9-15-11(16)5-6-12(15)17/h10H,2-9H2,1H3. The van der Waals surface area contributed by atoms with Crippen molar-refractivity contribution in [2.75, 3.05) is 13.1 Å². The summed E-state index contributed by atoms with van der Waals surface area (Å²) in [6.07, 6.45) is 4.14. The van der Waals surface area contributed by atoms with Gasteiger partial charge in [-0.05, 0) is 26.2 Å². The van der Waals surface area contributed by atoms with Crippen LogP contribution < -0.4 is 0 Å². The number of hydrogen-bond donors (Lipinski definition) is 0. The number of imide groups is 1. The minimum atomic E-state index is -0.139. The Morgan fingerprint density at radius 2 is 1.89 bits per heavy atom. The second-order valence-corrected chi connectivity index (χ2v) is 5.12. The van der Waals surface area contributed by atoms with Gasteiger partial charge in [-0.25, -0.2) is 0 Å². The van der Waals surface area contributed by atoms with Gasteiger partial charge in [-0.15, -0.1) is 0 Å². The molecule has 0 saturated carbocycles. The molecule has 1 atom stereocenters. The number of amides is 3. The van der Waals surface area contributed by atoms with Crippen LogP contribution in [0.15, 0.2) is 0 Å². The van der Waals surface area contributed by atoms with Crippen LogP contribution in [0.4, 0.5) is 0 Å². The Labute approximate surface area is 107 Å². The molecule has 5 nitrogen and oxygen atoms in total. The molecule has 1 unspecified atom stereocenters. The summed E-state index contributed by atoms with van der Waals surface area (Å²) in [6, 6.07) is 0.288. The average Bonchev–Trinajstić information content (AvgIpc) is 2.67. The molecule has 18 heavy (non-hydrogen) atoms. The molecular formula is C13H20N2O3.